The summed E-state index contributed by atoms with van der Waals surface area (Å²) in [6.07, 6.45) is 2.59. The van der Waals surface area contributed by atoms with Gasteiger partial charge in [-0.25, -0.2) is 0 Å². The van der Waals surface area contributed by atoms with Crippen LogP contribution in [0.25, 0.3) is 0 Å². The van der Waals surface area contributed by atoms with Crippen LogP contribution in [0.2, 0.25) is 0 Å². The largest absolute Gasteiger partial charge is 0.366 e. The first-order valence-electron chi connectivity index (χ1n) is 4.90. The molecule has 0 amide bonds. The number of epoxide rings is 1. The van der Waals surface area contributed by atoms with Crippen LogP contribution in [-0.4, -0.2) is 27.7 Å². The predicted octanol–water partition coefficient (Wildman–Crippen LogP) is 5.33. The van der Waals surface area contributed by atoms with Gasteiger partial charge in [-0.2, -0.15) is 0 Å². The van der Waals surface area contributed by atoms with Crippen molar-refractivity contribution in [2.45, 2.75) is 39.4 Å². The van der Waals surface area contributed by atoms with Gasteiger partial charge in [0.05, 0.1) is 17.0 Å². The third-order valence-corrected chi connectivity index (χ3v) is 2.70. The number of alkyl halides is 4. The van der Waals surface area contributed by atoms with Crippen LogP contribution in [0.4, 0.5) is 0 Å². The molecule has 0 aromatic heterocycles. The van der Waals surface area contributed by atoms with Gasteiger partial charge in [-0.15, -0.1) is 23.2 Å². The standard InChI is InChI=1S/C5H9BrO.C5H9Br.CH2Cl2/c1-5(2)4(3-6)7-5;1-5(2)3-4-6;2-1-3/h4H,3H2,1-2H3;3H,4H2,1-2H3;1H2. The highest BCUT2D eigenvalue weighted by atomic mass is 79.9. The van der Waals surface area contributed by atoms with Crippen LogP contribution in [0.1, 0.15) is 27.7 Å². The number of allylic oxidation sites excluding steroid dienone is 2. The second-order valence-corrected chi connectivity index (χ2v) is 6.00. The lowest BCUT2D eigenvalue weighted by molar-refractivity contribution is 0.329. The number of hydrogen-bond acceptors (Lipinski definition) is 1. The fraction of sp³-hybridized carbons (Fsp3) is 0.818. The lowest BCUT2D eigenvalue weighted by Crippen LogP contribution is -2.02. The van der Waals surface area contributed by atoms with Crippen molar-refractivity contribution < 1.29 is 4.74 Å². The molecule has 1 unspecified atom stereocenters. The molecular weight excluding hydrogens is 379 g/mol. The van der Waals surface area contributed by atoms with E-state index in [1.807, 2.05) is 0 Å². The zero-order valence-electron chi connectivity index (χ0n) is 10.2. The molecule has 0 spiro atoms. The Kier molecular flexibility index (Phi) is 13.9. The van der Waals surface area contributed by atoms with Gasteiger partial charge in [0.15, 0.2) is 0 Å². The summed E-state index contributed by atoms with van der Waals surface area (Å²) < 4.78 is 5.21. The second kappa shape index (κ2) is 11.3. The van der Waals surface area contributed by atoms with Crippen LogP contribution in [0.3, 0.4) is 0 Å². The highest BCUT2D eigenvalue weighted by molar-refractivity contribution is 9.09. The molecule has 0 aromatic carbocycles. The Balaban J connectivity index is 0. The molecule has 1 saturated heterocycles. The molecule has 1 heterocycles. The third-order valence-electron chi connectivity index (χ3n) is 1.79. The molecule has 1 nitrogen and oxygen atoms in total. The summed E-state index contributed by atoms with van der Waals surface area (Å²) in [6.45, 7) is 8.36. The first kappa shape index (κ1) is 19.6. The molecule has 0 aromatic rings. The summed E-state index contributed by atoms with van der Waals surface area (Å²) in [7, 11) is 0. The fourth-order valence-electron chi connectivity index (χ4n) is 0.704. The smallest absolute Gasteiger partial charge is 0.0967 e. The summed E-state index contributed by atoms with van der Waals surface area (Å²) in [5, 5.41) is 2.15. The molecule has 0 aliphatic carbocycles. The topological polar surface area (TPSA) is 12.5 Å². The maximum atomic E-state index is 5.21. The van der Waals surface area contributed by atoms with Crippen molar-refractivity contribution in [1.29, 1.82) is 0 Å². The van der Waals surface area contributed by atoms with E-state index in [1.54, 1.807) is 0 Å². The Morgan fingerprint density at radius 3 is 1.69 bits per heavy atom. The van der Waals surface area contributed by atoms with E-state index < -0.39 is 0 Å². The molecule has 1 aliphatic rings. The van der Waals surface area contributed by atoms with E-state index in [4.69, 9.17) is 27.9 Å². The Morgan fingerprint density at radius 2 is 1.69 bits per heavy atom. The average Bonchev–Trinajstić information content (AvgIpc) is 2.76. The monoisotopic (exact) mass is 396 g/mol. The molecule has 1 rings (SSSR count). The van der Waals surface area contributed by atoms with Crippen molar-refractivity contribution >= 4 is 55.1 Å². The molecule has 0 N–H and O–H groups in total. The molecule has 1 aliphatic heterocycles. The number of rotatable bonds is 2. The van der Waals surface area contributed by atoms with Crippen LogP contribution in [0.5, 0.6) is 0 Å². The van der Waals surface area contributed by atoms with E-state index in [-0.39, 0.29) is 10.9 Å². The summed E-state index contributed by atoms with van der Waals surface area (Å²) in [5.74, 6) is 0. The maximum absolute atomic E-state index is 5.21. The van der Waals surface area contributed by atoms with E-state index in [0.717, 1.165) is 10.7 Å². The van der Waals surface area contributed by atoms with Crippen molar-refractivity contribution in [2.24, 2.45) is 0 Å². The van der Waals surface area contributed by atoms with E-state index in [1.165, 1.54) is 5.57 Å². The normalized spacial score (nSPS) is 19.6. The molecule has 98 valence electrons. The Bertz CT molecular complexity index is 192. The summed E-state index contributed by atoms with van der Waals surface area (Å²) in [5.41, 5.74) is 1.54. The van der Waals surface area contributed by atoms with Crippen LogP contribution in [-0.2, 0) is 4.74 Å². The zero-order valence-corrected chi connectivity index (χ0v) is 14.9. The van der Waals surface area contributed by atoms with Crippen LogP contribution >= 0.6 is 55.1 Å². The summed E-state index contributed by atoms with van der Waals surface area (Å²) >= 11 is 16.1. The zero-order chi connectivity index (χ0) is 13.2. The van der Waals surface area contributed by atoms with Gasteiger partial charge < -0.3 is 4.74 Å². The van der Waals surface area contributed by atoms with Crippen molar-refractivity contribution in [3.05, 3.63) is 11.6 Å². The van der Waals surface area contributed by atoms with Gasteiger partial charge in [-0.1, -0.05) is 43.5 Å². The van der Waals surface area contributed by atoms with Crippen LogP contribution in [0, 0.1) is 0 Å². The quantitative estimate of drug-likeness (QED) is 0.348. The molecule has 5 heteroatoms. The SMILES string of the molecule is CC(C)=CCBr.CC1(C)OC1CBr.ClCCl. The van der Waals surface area contributed by atoms with E-state index in [2.05, 4.69) is 65.6 Å². The van der Waals surface area contributed by atoms with Gasteiger partial charge in [0.2, 0.25) is 0 Å². The van der Waals surface area contributed by atoms with Crippen molar-refractivity contribution in [1.82, 2.24) is 0 Å². The van der Waals surface area contributed by atoms with Gasteiger partial charge in [0, 0.05) is 10.7 Å². The number of ether oxygens (including phenoxy) is 1. The molecule has 0 bridgehead atoms. The first-order chi connectivity index (χ1) is 7.35. The lowest BCUT2D eigenvalue weighted by Gasteiger charge is -1.87. The highest BCUT2D eigenvalue weighted by Crippen LogP contribution is 2.35. The van der Waals surface area contributed by atoms with Gasteiger partial charge in [-0.05, 0) is 27.7 Å². The van der Waals surface area contributed by atoms with E-state index >= 15 is 0 Å². The fourth-order valence-corrected chi connectivity index (χ4v) is 2.26. The number of hydrogen-bond donors (Lipinski definition) is 0. The van der Waals surface area contributed by atoms with E-state index in [9.17, 15) is 0 Å². The minimum atomic E-state index is 0.170. The summed E-state index contributed by atoms with van der Waals surface area (Å²) in [6, 6.07) is 0. The number of halogens is 4. The molecule has 1 fully saturated rings. The molecule has 0 saturated carbocycles. The molecule has 16 heavy (non-hydrogen) atoms. The van der Waals surface area contributed by atoms with Gasteiger partial charge >= 0.3 is 0 Å². The molecular formula is C11H20Br2Cl2O. The van der Waals surface area contributed by atoms with Crippen molar-refractivity contribution in [3.63, 3.8) is 0 Å². The van der Waals surface area contributed by atoms with Crippen molar-refractivity contribution in [3.8, 4) is 0 Å². The Hall–Kier alpha value is 1.24. The van der Waals surface area contributed by atoms with Crippen LogP contribution < -0.4 is 0 Å². The van der Waals surface area contributed by atoms with Crippen LogP contribution in [0.15, 0.2) is 11.6 Å². The van der Waals surface area contributed by atoms with Gasteiger partial charge in [-0.3, -0.25) is 0 Å². The first-order valence-corrected chi connectivity index (χ1v) is 8.21. The minimum Gasteiger partial charge on any atom is -0.366 e. The predicted molar refractivity (Wildman–Crippen MR) is 82.5 cm³/mol. The Morgan fingerprint density at radius 1 is 1.31 bits per heavy atom. The Labute approximate surface area is 126 Å². The van der Waals surface area contributed by atoms with Crippen molar-refractivity contribution in [2.75, 3.05) is 16.0 Å². The third kappa shape index (κ3) is 13.3. The second-order valence-electron chi connectivity index (χ2n) is 3.90. The highest BCUT2D eigenvalue weighted by Gasteiger charge is 2.46. The molecule has 1 atom stereocenters. The summed E-state index contributed by atoms with van der Waals surface area (Å²) in [4.78, 5) is 0. The molecule has 0 radical (unpaired) electrons. The van der Waals surface area contributed by atoms with Gasteiger partial charge in [0.1, 0.15) is 0 Å². The van der Waals surface area contributed by atoms with Gasteiger partial charge in [0.25, 0.3) is 0 Å². The van der Waals surface area contributed by atoms with E-state index in [0.29, 0.717) is 6.10 Å². The lowest BCUT2D eigenvalue weighted by atomic mass is 10.2. The maximum Gasteiger partial charge on any atom is 0.0967 e. The minimum absolute atomic E-state index is 0.170. The average molecular weight is 399 g/mol.